The molecule has 0 amide bonds. The van der Waals surface area contributed by atoms with Crippen LogP contribution in [0.3, 0.4) is 0 Å². The van der Waals surface area contributed by atoms with E-state index in [9.17, 15) is 0 Å². The monoisotopic (exact) mass is 169 g/mol. The van der Waals surface area contributed by atoms with E-state index < -0.39 is 0 Å². The third-order valence-corrected chi connectivity index (χ3v) is 3.44. The normalized spacial score (nSPS) is 28.2. The highest BCUT2D eigenvalue weighted by Crippen LogP contribution is 2.26. The van der Waals surface area contributed by atoms with Crippen molar-refractivity contribution in [3.63, 3.8) is 0 Å². The van der Waals surface area contributed by atoms with Crippen molar-refractivity contribution in [2.45, 2.75) is 46.6 Å². The zero-order chi connectivity index (χ0) is 9.14. The number of hydrogen-bond acceptors (Lipinski definition) is 1. The van der Waals surface area contributed by atoms with Gasteiger partial charge in [-0.3, -0.25) is 0 Å². The van der Waals surface area contributed by atoms with Gasteiger partial charge < -0.3 is 4.90 Å². The molecule has 1 heterocycles. The van der Waals surface area contributed by atoms with E-state index in [1.807, 2.05) is 0 Å². The zero-order valence-corrected chi connectivity index (χ0v) is 9.01. The van der Waals surface area contributed by atoms with E-state index in [-0.39, 0.29) is 0 Å². The minimum Gasteiger partial charge on any atom is -0.301 e. The lowest BCUT2D eigenvalue weighted by molar-refractivity contribution is 0.248. The Bertz CT molecular complexity index is 131. The third-order valence-electron chi connectivity index (χ3n) is 3.44. The van der Waals surface area contributed by atoms with Gasteiger partial charge in [-0.15, -0.1) is 0 Å². The summed E-state index contributed by atoms with van der Waals surface area (Å²) in [5, 5.41) is 0. The summed E-state index contributed by atoms with van der Waals surface area (Å²) in [7, 11) is 0. The molecule has 0 radical (unpaired) electrons. The molecule has 0 saturated carbocycles. The number of rotatable bonds is 3. The molecule has 1 saturated heterocycles. The van der Waals surface area contributed by atoms with Gasteiger partial charge in [0.15, 0.2) is 0 Å². The maximum atomic E-state index is 2.61. The average Bonchev–Trinajstić information content (AvgIpc) is 2.51. The van der Waals surface area contributed by atoms with E-state index >= 15 is 0 Å². The lowest BCUT2D eigenvalue weighted by atomic mass is 9.91. The molecular weight excluding hydrogens is 146 g/mol. The van der Waals surface area contributed by atoms with E-state index in [0.29, 0.717) is 0 Å². The van der Waals surface area contributed by atoms with E-state index in [4.69, 9.17) is 0 Å². The predicted molar refractivity (Wildman–Crippen MR) is 54.3 cm³/mol. The van der Waals surface area contributed by atoms with Crippen LogP contribution >= 0.6 is 0 Å². The van der Waals surface area contributed by atoms with Gasteiger partial charge in [-0.25, -0.2) is 0 Å². The second-order valence-electron chi connectivity index (χ2n) is 4.52. The molecule has 1 rings (SSSR count). The van der Waals surface area contributed by atoms with Crippen LogP contribution in [0.15, 0.2) is 0 Å². The lowest BCUT2D eigenvalue weighted by Gasteiger charge is -2.22. The molecule has 0 aromatic carbocycles. The Labute approximate surface area is 77.1 Å². The molecule has 0 aromatic heterocycles. The summed E-state index contributed by atoms with van der Waals surface area (Å²) in [6.07, 6.45) is 2.77. The van der Waals surface area contributed by atoms with Gasteiger partial charge in [-0.2, -0.15) is 0 Å². The van der Waals surface area contributed by atoms with Gasteiger partial charge in [-0.1, -0.05) is 20.3 Å². The van der Waals surface area contributed by atoms with Crippen LogP contribution in [0.5, 0.6) is 0 Å². The molecule has 1 fully saturated rings. The van der Waals surface area contributed by atoms with Gasteiger partial charge in [0.05, 0.1) is 0 Å². The standard InChI is InChI=1S/C11H23N/c1-5-10(4)11-6-7-12(8-11)9(2)3/h9-11H,5-8H2,1-4H3. The fourth-order valence-electron chi connectivity index (χ4n) is 2.08. The molecule has 0 aromatic rings. The van der Waals surface area contributed by atoms with Gasteiger partial charge in [0, 0.05) is 12.6 Å². The number of hydrogen-bond donors (Lipinski definition) is 0. The smallest absolute Gasteiger partial charge is 0.00387 e. The molecular formula is C11H23N. The largest absolute Gasteiger partial charge is 0.301 e. The molecule has 0 aliphatic carbocycles. The second kappa shape index (κ2) is 4.27. The molecule has 1 heteroatoms. The van der Waals surface area contributed by atoms with Gasteiger partial charge in [0.2, 0.25) is 0 Å². The van der Waals surface area contributed by atoms with Crippen molar-refractivity contribution in [2.24, 2.45) is 11.8 Å². The Kier molecular flexibility index (Phi) is 3.57. The minimum atomic E-state index is 0.749. The van der Waals surface area contributed by atoms with Crippen LogP contribution in [0, 0.1) is 11.8 Å². The number of nitrogens with zero attached hydrogens (tertiary/aromatic N) is 1. The summed E-state index contributed by atoms with van der Waals surface area (Å²) in [5.41, 5.74) is 0. The van der Waals surface area contributed by atoms with Gasteiger partial charge >= 0.3 is 0 Å². The maximum Gasteiger partial charge on any atom is 0.00387 e. The van der Waals surface area contributed by atoms with Crippen molar-refractivity contribution < 1.29 is 0 Å². The quantitative estimate of drug-likeness (QED) is 0.628. The Hall–Kier alpha value is -0.0400. The lowest BCUT2D eigenvalue weighted by Crippen LogP contribution is -2.29. The first kappa shape index (κ1) is 10.0. The Balaban J connectivity index is 2.35. The first-order valence-electron chi connectivity index (χ1n) is 5.39. The highest BCUT2D eigenvalue weighted by Gasteiger charge is 2.26. The first-order valence-corrected chi connectivity index (χ1v) is 5.39. The molecule has 1 aliphatic rings. The molecule has 12 heavy (non-hydrogen) atoms. The van der Waals surface area contributed by atoms with Crippen LogP contribution in [0.4, 0.5) is 0 Å². The van der Waals surface area contributed by atoms with Crippen molar-refractivity contribution in [3.05, 3.63) is 0 Å². The fourth-order valence-corrected chi connectivity index (χ4v) is 2.08. The third kappa shape index (κ3) is 2.22. The van der Waals surface area contributed by atoms with Crippen molar-refractivity contribution in [1.82, 2.24) is 4.90 Å². The first-order chi connectivity index (χ1) is 5.65. The number of likely N-dealkylation sites (tertiary alicyclic amines) is 1. The summed E-state index contributed by atoms with van der Waals surface area (Å²) in [6, 6.07) is 0.749. The summed E-state index contributed by atoms with van der Waals surface area (Å²) >= 11 is 0. The summed E-state index contributed by atoms with van der Waals surface area (Å²) in [6.45, 7) is 12.0. The van der Waals surface area contributed by atoms with E-state index in [1.54, 1.807) is 0 Å². The predicted octanol–water partition coefficient (Wildman–Crippen LogP) is 2.76. The molecule has 0 spiro atoms. The van der Waals surface area contributed by atoms with Crippen LogP contribution in [-0.2, 0) is 0 Å². The fraction of sp³-hybridized carbons (Fsp3) is 1.00. The second-order valence-corrected chi connectivity index (χ2v) is 4.52. The van der Waals surface area contributed by atoms with Crippen LogP contribution in [0.2, 0.25) is 0 Å². The Morgan fingerprint density at radius 2 is 2.00 bits per heavy atom. The molecule has 0 N–H and O–H groups in total. The van der Waals surface area contributed by atoms with Crippen molar-refractivity contribution in [3.8, 4) is 0 Å². The highest BCUT2D eigenvalue weighted by atomic mass is 15.2. The SMILES string of the molecule is CCC(C)C1CCN(C(C)C)C1. The topological polar surface area (TPSA) is 3.24 Å². The van der Waals surface area contributed by atoms with E-state index in [0.717, 1.165) is 17.9 Å². The Morgan fingerprint density at radius 3 is 2.42 bits per heavy atom. The molecule has 2 unspecified atom stereocenters. The zero-order valence-electron chi connectivity index (χ0n) is 9.01. The van der Waals surface area contributed by atoms with Gasteiger partial charge in [-0.05, 0) is 38.6 Å². The van der Waals surface area contributed by atoms with Crippen LogP contribution in [-0.4, -0.2) is 24.0 Å². The molecule has 2 atom stereocenters. The molecule has 72 valence electrons. The van der Waals surface area contributed by atoms with Crippen LogP contribution < -0.4 is 0 Å². The average molecular weight is 169 g/mol. The molecule has 1 nitrogen and oxygen atoms in total. The van der Waals surface area contributed by atoms with Crippen molar-refractivity contribution >= 4 is 0 Å². The van der Waals surface area contributed by atoms with Crippen LogP contribution in [0.1, 0.15) is 40.5 Å². The van der Waals surface area contributed by atoms with Crippen LogP contribution in [0.25, 0.3) is 0 Å². The summed E-state index contributed by atoms with van der Waals surface area (Å²) in [4.78, 5) is 2.61. The summed E-state index contributed by atoms with van der Waals surface area (Å²) < 4.78 is 0. The van der Waals surface area contributed by atoms with Gasteiger partial charge in [0.25, 0.3) is 0 Å². The Morgan fingerprint density at radius 1 is 1.33 bits per heavy atom. The minimum absolute atomic E-state index is 0.749. The van der Waals surface area contributed by atoms with Crippen molar-refractivity contribution in [1.29, 1.82) is 0 Å². The molecule has 0 bridgehead atoms. The van der Waals surface area contributed by atoms with Crippen molar-refractivity contribution in [2.75, 3.05) is 13.1 Å². The van der Waals surface area contributed by atoms with E-state index in [2.05, 4.69) is 32.6 Å². The van der Waals surface area contributed by atoms with Gasteiger partial charge in [0.1, 0.15) is 0 Å². The van der Waals surface area contributed by atoms with E-state index in [1.165, 1.54) is 25.9 Å². The molecule has 1 aliphatic heterocycles. The summed E-state index contributed by atoms with van der Waals surface area (Å²) in [5.74, 6) is 1.89. The maximum absolute atomic E-state index is 2.61. The highest BCUT2D eigenvalue weighted by molar-refractivity contribution is 4.80.